The molecule has 0 N–H and O–H groups in total. The van der Waals surface area contributed by atoms with Crippen molar-refractivity contribution in [2.45, 2.75) is 20.3 Å². The third kappa shape index (κ3) is 4.78. The standard InChI is InChI=1S/C22H19BrN4O5/c1-4-9-32-21-18(27(29)30)10-14(11-19(21)31-6-3)13-24-26-20(5-2)25-17-8-7-15(23)12-16(17)22(26)28/h1,7-8,10-13H,5-6,9H2,2-3H3. The fourth-order valence-corrected chi connectivity index (χ4v) is 3.37. The maximum atomic E-state index is 13.0. The molecule has 0 atom stereocenters. The first kappa shape index (κ1) is 23.0. The van der Waals surface area contributed by atoms with Crippen LogP contribution in [0.3, 0.4) is 0 Å². The van der Waals surface area contributed by atoms with Gasteiger partial charge in [0.15, 0.2) is 5.75 Å². The van der Waals surface area contributed by atoms with E-state index in [1.54, 1.807) is 25.1 Å². The Balaban J connectivity index is 2.14. The third-order valence-electron chi connectivity index (χ3n) is 4.37. The van der Waals surface area contributed by atoms with Crippen molar-refractivity contribution in [3.05, 3.63) is 66.7 Å². The van der Waals surface area contributed by atoms with Gasteiger partial charge in [0.1, 0.15) is 12.4 Å². The average Bonchev–Trinajstić information content (AvgIpc) is 2.77. The van der Waals surface area contributed by atoms with Crippen molar-refractivity contribution in [3.63, 3.8) is 0 Å². The average molecular weight is 499 g/mol. The number of terminal acetylenes is 1. The quantitative estimate of drug-likeness (QED) is 0.201. The maximum absolute atomic E-state index is 13.0. The van der Waals surface area contributed by atoms with E-state index < -0.39 is 4.92 Å². The molecule has 9 nitrogen and oxygen atoms in total. The first-order chi connectivity index (χ1) is 15.4. The molecule has 10 heteroatoms. The molecule has 3 aromatic rings. The maximum Gasteiger partial charge on any atom is 0.315 e. The molecule has 164 valence electrons. The second-order valence-corrected chi connectivity index (χ2v) is 7.37. The van der Waals surface area contributed by atoms with Crippen LogP contribution in [0.4, 0.5) is 5.69 Å². The molecule has 32 heavy (non-hydrogen) atoms. The first-order valence-electron chi connectivity index (χ1n) is 9.66. The van der Waals surface area contributed by atoms with E-state index in [1.807, 2.05) is 6.92 Å². The summed E-state index contributed by atoms with van der Waals surface area (Å²) in [7, 11) is 0. The molecule has 0 amide bonds. The Hall–Kier alpha value is -3.71. The largest absolute Gasteiger partial charge is 0.490 e. The summed E-state index contributed by atoms with van der Waals surface area (Å²) in [4.78, 5) is 28.5. The van der Waals surface area contributed by atoms with E-state index in [4.69, 9.17) is 15.9 Å². The molecule has 1 aromatic heterocycles. The highest BCUT2D eigenvalue weighted by Crippen LogP contribution is 2.38. The Labute approximate surface area is 192 Å². The summed E-state index contributed by atoms with van der Waals surface area (Å²) in [5, 5.41) is 16.3. The molecule has 0 unspecified atom stereocenters. The normalized spacial score (nSPS) is 10.9. The van der Waals surface area contributed by atoms with E-state index in [0.29, 0.717) is 28.7 Å². The van der Waals surface area contributed by atoms with Gasteiger partial charge < -0.3 is 9.47 Å². The van der Waals surface area contributed by atoms with Gasteiger partial charge in [0.05, 0.1) is 28.6 Å². The van der Waals surface area contributed by atoms with Gasteiger partial charge in [-0.25, -0.2) is 4.98 Å². The number of hydrogen-bond donors (Lipinski definition) is 0. The molecule has 3 rings (SSSR count). The van der Waals surface area contributed by atoms with Gasteiger partial charge in [-0.15, -0.1) is 6.42 Å². The summed E-state index contributed by atoms with van der Waals surface area (Å²) >= 11 is 3.35. The number of nitro benzene ring substituents is 1. The minimum Gasteiger partial charge on any atom is -0.490 e. The number of aryl methyl sites for hydroxylation is 1. The summed E-state index contributed by atoms with van der Waals surface area (Å²) in [6, 6.07) is 8.04. The minimum absolute atomic E-state index is 0.0596. The summed E-state index contributed by atoms with van der Waals surface area (Å²) in [6.07, 6.45) is 7.01. The number of nitrogens with zero attached hydrogens (tertiary/aromatic N) is 4. The number of aromatic nitrogens is 2. The van der Waals surface area contributed by atoms with Crippen LogP contribution >= 0.6 is 15.9 Å². The zero-order valence-corrected chi connectivity index (χ0v) is 19.0. The van der Waals surface area contributed by atoms with E-state index in [0.717, 1.165) is 4.47 Å². The number of hydrogen-bond acceptors (Lipinski definition) is 7. The Morgan fingerprint density at radius 2 is 2.09 bits per heavy atom. The van der Waals surface area contributed by atoms with Crippen LogP contribution in [-0.4, -0.2) is 34.0 Å². The second-order valence-electron chi connectivity index (χ2n) is 6.45. The van der Waals surface area contributed by atoms with Crippen molar-refractivity contribution < 1.29 is 14.4 Å². The van der Waals surface area contributed by atoms with Crippen LogP contribution in [0.25, 0.3) is 10.9 Å². The van der Waals surface area contributed by atoms with Crippen molar-refractivity contribution in [2.75, 3.05) is 13.2 Å². The Morgan fingerprint density at radius 3 is 2.75 bits per heavy atom. The highest BCUT2D eigenvalue weighted by atomic mass is 79.9. The van der Waals surface area contributed by atoms with Crippen LogP contribution in [-0.2, 0) is 6.42 Å². The van der Waals surface area contributed by atoms with Crippen molar-refractivity contribution in [3.8, 4) is 23.8 Å². The summed E-state index contributed by atoms with van der Waals surface area (Å²) in [6.45, 7) is 3.70. The molecule has 0 saturated heterocycles. The van der Waals surface area contributed by atoms with Crippen LogP contribution < -0.4 is 15.0 Å². The smallest absolute Gasteiger partial charge is 0.315 e. The summed E-state index contributed by atoms with van der Waals surface area (Å²) in [5.41, 5.74) is 0.233. The number of nitro groups is 1. The van der Waals surface area contributed by atoms with Gasteiger partial charge in [-0.1, -0.05) is 28.8 Å². The monoisotopic (exact) mass is 498 g/mol. The van der Waals surface area contributed by atoms with Crippen LogP contribution in [0.2, 0.25) is 0 Å². The lowest BCUT2D eigenvalue weighted by Gasteiger charge is -2.12. The summed E-state index contributed by atoms with van der Waals surface area (Å²) < 4.78 is 12.8. The topological polar surface area (TPSA) is 109 Å². The Kier molecular flexibility index (Phi) is 7.22. The van der Waals surface area contributed by atoms with Crippen molar-refractivity contribution in [1.82, 2.24) is 9.66 Å². The molecule has 0 fully saturated rings. The molecule has 0 aliphatic carbocycles. The van der Waals surface area contributed by atoms with Crippen LogP contribution in [0.1, 0.15) is 25.2 Å². The minimum atomic E-state index is -0.593. The fourth-order valence-electron chi connectivity index (χ4n) is 3.01. The predicted octanol–water partition coefficient (Wildman–Crippen LogP) is 3.92. The molecular formula is C22H19BrN4O5. The van der Waals surface area contributed by atoms with Crippen LogP contribution in [0.15, 0.2) is 44.7 Å². The predicted molar refractivity (Wildman–Crippen MR) is 125 cm³/mol. The summed E-state index contributed by atoms with van der Waals surface area (Å²) in [5.74, 6) is 2.82. The van der Waals surface area contributed by atoms with Gasteiger partial charge >= 0.3 is 5.69 Å². The molecule has 0 spiro atoms. The molecule has 0 bridgehead atoms. The molecule has 0 aliphatic rings. The van der Waals surface area contributed by atoms with E-state index in [-0.39, 0.29) is 36.0 Å². The molecule has 0 aliphatic heterocycles. The lowest BCUT2D eigenvalue weighted by Crippen LogP contribution is -2.22. The van der Waals surface area contributed by atoms with Gasteiger partial charge in [-0.3, -0.25) is 14.9 Å². The lowest BCUT2D eigenvalue weighted by atomic mass is 10.2. The molecule has 0 radical (unpaired) electrons. The van der Waals surface area contributed by atoms with Crippen LogP contribution in [0.5, 0.6) is 11.5 Å². The number of ether oxygens (including phenoxy) is 2. The van der Waals surface area contributed by atoms with Crippen molar-refractivity contribution >= 4 is 38.7 Å². The lowest BCUT2D eigenvalue weighted by molar-refractivity contribution is -0.385. The molecule has 2 aromatic carbocycles. The van der Waals surface area contributed by atoms with Crippen molar-refractivity contribution in [2.24, 2.45) is 5.10 Å². The van der Waals surface area contributed by atoms with Crippen molar-refractivity contribution in [1.29, 1.82) is 0 Å². The molecular weight excluding hydrogens is 480 g/mol. The van der Waals surface area contributed by atoms with E-state index >= 15 is 0 Å². The van der Waals surface area contributed by atoms with E-state index in [2.05, 4.69) is 31.9 Å². The zero-order chi connectivity index (χ0) is 23.3. The Morgan fingerprint density at radius 1 is 1.31 bits per heavy atom. The van der Waals surface area contributed by atoms with Gasteiger partial charge in [-0.05, 0) is 31.2 Å². The molecule has 1 heterocycles. The third-order valence-corrected chi connectivity index (χ3v) is 4.86. The zero-order valence-electron chi connectivity index (χ0n) is 17.4. The highest BCUT2D eigenvalue weighted by Gasteiger charge is 2.22. The van der Waals surface area contributed by atoms with Gasteiger partial charge in [0.2, 0.25) is 5.75 Å². The highest BCUT2D eigenvalue weighted by molar-refractivity contribution is 9.10. The molecule has 0 saturated carbocycles. The second kappa shape index (κ2) is 10.1. The SMILES string of the molecule is C#CCOc1c(OCC)cc(C=Nn2c(CC)nc3ccc(Br)cc3c2=O)cc1[N+](=O)[O-]. The van der Waals surface area contributed by atoms with Gasteiger partial charge in [0.25, 0.3) is 5.56 Å². The number of halogens is 1. The number of rotatable bonds is 8. The fraction of sp³-hybridized carbons (Fsp3) is 0.227. The number of benzene rings is 2. The van der Waals surface area contributed by atoms with E-state index in [1.165, 1.54) is 23.0 Å². The van der Waals surface area contributed by atoms with Gasteiger partial charge in [-0.2, -0.15) is 9.78 Å². The van der Waals surface area contributed by atoms with E-state index in [9.17, 15) is 14.9 Å². The number of fused-ring (bicyclic) bond motifs is 1. The van der Waals surface area contributed by atoms with Crippen LogP contribution in [0, 0.1) is 22.5 Å². The van der Waals surface area contributed by atoms with Gasteiger partial charge in [0, 0.05) is 22.5 Å². The Bertz CT molecular complexity index is 1310. The first-order valence-corrected chi connectivity index (χ1v) is 10.5.